The van der Waals surface area contributed by atoms with E-state index in [4.69, 9.17) is 16.9 Å². The highest BCUT2D eigenvalue weighted by atomic mass is 35.5. The molecule has 2 amide bonds. The van der Waals surface area contributed by atoms with Crippen molar-refractivity contribution in [2.24, 2.45) is 0 Å². The number of carbonyl (C=O) groups excluding carboxylic acids is 2. The number of halogens is 1. The van der Waals surface area contributed by atoms with E-state index in [1.165, 1.54) is 13.0 Å². The zero-order valence-electron chi connectivity index (χ0n) is 13.0. The van der Waals surface area contributed by atoms with Gasteiger partial charge < -0.3 is 10.6 Å². The van der Waals surface area contributed by atoms with E-state index >= 15 is 0 Å². The Morgan fingerprint density at radius 2 is 1.92 bits per heavy atom. The molecule has 0 heterocycles. The number of hydrogen-bond donors (Lipinski definition) is 2. The molecule has 1 unspecified atom stereocenters. The first-order valence-corrected chi connectivity index (χ1v) is 7.69. The monoisotopic (exact) mass is 341 g/mol. The topological polar surface area (TPSA) is 82.0 Å². The lowest BCUT2D eigenvalue weighted by Crippen LogP contribution is -2.29. The molecule has 24 heavy (non-hydrogen) atoms. The van der Waals surface area contributed by atoms with Crippen LogP contribution in [-0.2, 0) is 9.59 Å². The number of anilines is 1. The van der Waals surface area contributed by atoms with Crippen LogP contribution in [0.15, 0.2) is 48.5 Å². The predicted molar refractivity (Wildman–Crippen MR) is 92.4 cm³/mol. The SMILES string of the molecule is CC(=O)NC(CC(=O)Nc1ccc(C#N)c(Cl)c1)c1ccccc1. The molecular weight excluding hydrogens is 326 g/mol. The smallest absolute Gasteiger partial charge is 0.226 e. The molecule has 0 aliphatic carbocycles. The molecule has 5 nitrogen and oxygen atoms in total. The van der Waals surface area contributed by atoms with Crippen LogP contribution in [-0.4, -0.2) is 11.8 Å². The number of benzene rings is 2. The Hall–Kier alpha value is -2.84. The van der Waals surface area contributed by atoms with Crippen molar-refractivity contribution in [2.45, 2.75) is 19.4 Å². The van der Waals surface area contributed by atoms with Crippen LogP contribution in [0.3, 0.4) is 0 Å². The second-order valence-electron chi connectivity index (χ2n) is 5.22. The summed E-state index contributed by atoms with van der Waals surface area (Å²) in [5, 5.41) is 14.6. The summed E-state index contributed by atoms with van der Waals surface area (Å²) in [7, 11) is 0. The molecule has 0 aliphatic heterocycles. The second-order valence-corrected chi connectivity index (χ2v) is 5.63. The Labute approximate surface area is 145 Å². The third-order valence-corrected chi connectivity index (χ3v) is 3.65. The van der Waals surface area contributed by atoms with Gasteiger partial charge in [-0.25, -0.2) is 0 Å². The summed E-state index contributed by atoms with van der Waals surface area (Å²) in [6.07, 6.45) is 0.0845. The molecule has 2 N–H and O–H groups in total. The first kappa shape index (κ1) is 17.5. The number of nitrogens with zero attached hydrogens (tertiary/aromatic N) is 1. The fourth-order valence-corrected chi connectivity index (χ4v) is 2.49. The van der Waals surface area contributed by atoms with E-state index in [1.54, 1.807) is 12.1 Å². The average Bonchev–Trinajstić information content (AvgIpc) is 2.55. The molecule has 0 bridgehead atoms. The van der Waals surface area contributed by atoms with E-state index in [0.717, 1.165) is 5.56 Å². The summed E-state index contributed by atoms with van der Waals surface area (Å²) in [6, 6.07) is 15.5. The Morgan fingerprint density at radius 3 is 2.50 bits per heavy atom. The van der Waals surface area contributed by atoms with Crippen molar-refractivity contribution in [2.75, 3.05) is 5.32 Å². The minimum Gasteiger partial charge on any atom is -0.349 e. The molecule has 0 spiro atoms. The molecule has 0 saturated carbocycles. The lowest BCUT2D eigenvalue weighted by Gasteiger charge is -2.18. The molecule has 2 aromatic carbocycles. The largest absolute Gasteiger partial charge is 0.349 e. The van der Waals surface area contributed by atoms with E-state index in [0.29, 0.717) is 11.3 Å². The van der Waals surface area contributed by atoms with Crippen molar-refractivity contribution in [1.29, 1.82) is 5.26 Å². The number of carbonyl (C=O) groups is 2. The Bertz CT molecular complexity index is 785. The minimum absolute atomic E-state index is 0.0845. The molecule has 0 aromatic heterocycles. The Morgan fingerprint density at radius 1 is 1.21 bits per heavy atom. The molecule has 1 atom stereocenters. The van der Waals surface area contributed by atoms with E-state index < -0.39 is 6.04 Å². The average molecular weight is 342 g/mol. The maximum absolute atomic E-state index is 12.3. The van der Waals surface area contributed by atoms with E-state index in [-0.39, 0.29) is 23.3 Å². The first-order chi connectivity index (χ1) is 11.5. The molecule has 0 aliphatic rings. The van der Waals surface area contributed by atoms with Crippen LogP contribution in [0.5, 0.6) is 0 Å². The summed E-state index contributed by atoms with van der Waals surface area (Å²) in [4.78, 5) is 23.7. The molecule has 0 fully saturated rings. The van der Waals surface area contributed by atoms with Crippen LogP contribution in [0.4, 0.5) is 5.69 Å². The summed E-state index contributed by atoms with van der Waals surface area (Å²) in [5.74, 6) is -0.476. The number of rotatable bonds is 5. The van der Waals surface area contributed by atoms with Gasteiger partial charge in [-0.05, 0) is 23.8 Å². The summed E-state index contributed by atoms with van der Waals surface area (Å²) in [5.41, 5.74) is 1.69. The van der Waals surface area contributed by atoms with Crippen LogP contribution in [0.2, 0.25) is 5.02 Å². The fraction of sp³-hybridized carbons (Fsp3) is 0.167. The Kier molecular flexibility index (Phi) is 5.94. The van der Waals surface area contributed by atoms with Crippen LogP contribution in [0.1, 0.15) is 30.5 Å². The zero-order chi connectivity index (χ0) is 17.5. The third-order valence-electron chi connectivity index (χ3n) is 3.34. The van der Waals surface area contributed by atoms with Gasteiger partial charge in [0.1, 0.15) is 6.07 Å². The second kappa shape index (κ2) is 8.14. The van der Waals surface area contributed by atoms with Gasteiger partial charge in [-0.15, -0.1) is 0 Å². The predicted octanol–water partition coefficient (Wildman–Crippen LogP) is 3.42. The van der Waals surface area contributed by atoms with Crippen molar-refractivity contribution in [3.8, 4) is 6.07 Å². The highest BCUT2D eigenvalue weighted by molar-refractivity contribution is 6.32. The fourth-order valence-electron chi connectivity index (χ4n) is 2.26. The molecular formula is C18H16ClN3O2. The van der Waals surface area contributed by atoms with Gasteiger partial charge >= 0.3 is 0 Å². The van der Waals surface area contributed by atoms with Gasteiger partial charge in [0.2, 0.25) is 11.8 Å². The van der Waals surface area contributed by atoms with Gasteiger partial charge in [0, 0.05) is 12.6 Å². The van der Waals surface area contributed by atoms with Gasteiger partial charge in [-0.3, -0.25) is 9.59 Å². The number of nitrogens with one attached hydrogen (secondary N) is 2. The number of hydrogen-bond acceptors (Lipinski definition) is 3. The van der Waals surface area contributed by atoms with Crippen molar-refractivity contribution in [1.82, 2.24) is 5.32 Å². The standard InChI is InChI=1S/C18H16ClN3O2/c1-12(23)21-17(13-5-3-2-4-6-13)10-18(24)22-15-8-7-14(11-20)16(19)9-15/h2-9,17H,10H2,1H3,(H,21,23)(H,22,24). The van der Waals surface area contributed by atoms with Gasteiger partial charge in [-0.1, -0.05) is 41.9 Å². The maximum Gasteiger partial charge on any atom is 0.226 e. The molecule has 122 valence electrons. The van der Waals surface area contributed by atoms with Crippen molar-refractivity contribution >= 4 is 29.1 Å². The van der Waals surface area contributed by atoms with E-state index in [2.05, 4.69) is 10.6 Å². The number of nitriles is 1. The van der Waals surface area contributed by atoms with Gasteiger partial charge in [0.05, 0.1) is 23.0 Å². The van der Waals surface area contributed by atoms with Gasteiger partial charge in [-0.2, -0.15) is 5.26 Å². The van der Waals surface area contributed by atoms with Crippen molar-refractivity contribution in [3.63, 3.8) is 0 Å². The van der Waals surface area contributed by atoms with Gasteiger partial charge in [0.15, 0.2) is 0 Å². The third kappa shape index (κ3) is 4.83. The quantitative estimate of drug-likeness (QED) is 0.874. The molecule has 6 heteroatoms. The minimum atomic E-state index is -0.419. The summed E-state index contributed by atoms with van der Waals surface area (Å²) < 4.78 is 0. The van der Waals surface area contributed by atoms with Crippen LogP contribution >= 0.6 is 11.6 Å². The maximum atomic E-state index is 12.3. The lowest BCUT2D eigenvalue weighted by molar-refractivity contribution is -0.120. The highest BCUT2D eigenvalue weighted by Gasteiger charge is 2.17. The normalized spacial score (nSPS) is 11.2. The summed E-state index contributed by atoms with van der Waals surface area (Å²) in [6.45, 7) is 1.41. The lowest BCUT2D eigenvalue weighted by atomic mass is 10.0. The van der Waals surface area contributed by atoms with Gasteiger partial charge in [0.25, 0.3) is 0 Å². The number of amides is 2. The first-order valence-electron chi connectivity index (χ1n) is 7.31. The molecule has 2 rings (SSSR count). The molecule has 2 aromatic rings. The molecule has 0 radical (unpaired) electrons. The van der Waals surface area contributed by atoms with E-state index in [9.17, 15) is 9.59 Å². The van der Waals surface area contributed by atoms with Crippen LogP contribution < -0.4 is 10.6 Å². The molecule has 0 saturated heterocycles. The zero-order valence-corrected chi connectivity index (χ0v) is 13.8. The van der Waals surface area contributed by atoms with Crippen molar-refractivity contribution < 1.29 is 9.59 Å². The van der Waals surface area contributed by atoms with E-state index in [1.807, 2.05) is 36.4 Å². The van der Waals surface area contributed by atoms with Crippen LogP contribution in [0, 0.1) is 11.3 Å². The highest BCUT2D eigenvalue weighted by Crippen LogP contribution is 2.22. The Balaban J connectivity index is 2.09. The summed E-state index contributed by atoms with van der Waals surface area (Å²) >= 11 is 5.95. The van der Waals surface area contributed by atoms with Crippen LogP contribution in [0.25, 0.3) is 0 Å². The van der Waals surface area contributed by atoms with Crippen molar-refractivity contribution in [3.05, 3.63) is 64.7 Å².